The van der Waals surface area contributed by atoms with E-state index < -0.39 is 0 Å². The summed E-state index contributed by atoms with van der Waals surface area (Å²) in [5, 5.41) is 4.10. The van der Waals surface area contributed by atoms with Crippen molar-refractivity contribution < 1.29 is 0 Å². The van der Waals surface area contributed by atoms with Gasteiger partial charge in [0.15, 0.2) is 0 Å². The van der Waals surface area contributed by atoms with Crippen molar-refractivity contribution >= 4 is 0 Å². The molecule has 3 heteroatoms. The first-order valence-corrected chi connectivity index (χ1v) is 3.99. The number of hydrogen-bond donors (Lipinski definition) is 1. The predicted molar refractivity (Wildman–Crippen MR) is 52.3 cm³/mol. The van der Waals surface area contributed by atoms with Crippen molar-refractivity contribution in [3.63, 3.8) is 0 Å². The first kappa shape index (κ1) is 7.86. The average Bonchev–Trinajstić information content (AvgIpc) is 2.53. The van der Waals surface area contributed by atoms with Crippen LogP contribution >= 0.6 is 0 Å². The first-order chi connectivity index (χ1) is 6.27. The van der Waals surface area contributed by atoms with Crippen molar-refractivity contribution in [3.05, 3.63) is 49.0 Å². The van der Waals surface area contributed by atoms with Gasteiger partial charge in [-0.15, -0.1) is 0 Å². The van der Waals surface area contributed by atoms with E-state index in [0.717, 1.165) is 16.8 Å². The zero-order valence-electron chi connectivity index (χ0n) is 7.14. The van der Waals surface area contributed by atoms with E-state index in [1.165, 1.54) is 4.79 Å². The van der Waals surface area contributed by atoms with E-state index in [0.29, 0.717) is 0 Å². The molecule has 0 saturated heterocycles. The lowest BCUT2D eigenvalue weighted by Gasteiger charge is -1.99. The van der Waals surface area contributed by atoms with Crippen LogP contribution in [-0.2, 0) is 0 Å². The van der Waals surface area contributed by atoms with Crippen molar-refractivity contribution in [2.45, 2.75) is 0 Å². The first-order valence-electron chi connectivity index (χ1n) is 3.99. The number of nitrogen functional groups attached to an aromatic ring is 1. The molecule has 2 rings (SSSR count). The van der Waals surface area contributed by atoms with Crippen molar-refractivity contribution in [2.24, 2.45) is 0 Å². The normalized spacial score (nSPS) is 10.2. The van der Waals surface area contributed by atoms with E-state index in [9.17, 15) is 0 Å². The third-order valence-electron chi connectivity index (χ3n) is 1.90. The molecule has 65 valence electrons. The number of benzene rings is 1. The molecular formula is C10H10N3. The maximum atomic E-state index is 5.45. The minimum absolute atomic E-state index is 0.855. The Balaban J connectivity index is 2.52. The molecule has 0 fully saturated rings. The second-order valence-corrected chi connectivity index (χ2v) is 2.84. The lowest BCUT2D eigenvalue weighted by molar-refractivity contribution is 0.835. The Kier molecular flexibility index (Phi) is 1.77. The van der Waals surface area contributed by atoms with Gasteiger partial charge in [-0.25, -0.2) is 0 Å². The topological polar surface area (TPSA) is 43.8 Å². The van der Waals surface area contributed by atoms with Crippen molar-refractivity contribution in [1.29, 1.82) is 0 Å². The minimum Gasteiger partial charge on any atom is -0.323 e. The molecule has 1 heterocycles. The SMILES string of the molecule is [CH2]c1ccccc1-c1ccn(N)n1. The van der Waals surface area contributed by atoms with Gasteiger partial charge in [-0.05, 0) is 18.6 Å². The van der Waals surface area contributed by atoms with Gasteiger partial charge in [0, 0.05) is 11.8 Å². The summed E-state index contributed by atoms with van der Waals surface area (Å²) in [5.41, 5.74) is 2.83. The molecule has 2 aromatic rings. The Morgan fingerprint density at radius 2 is 2.00 bits per heavy atom. The Labute approximate surface area is 76.8 Å². The number of aromatic nitrogens is 2. The highest BCUT2D eigenvalue weighted by Gasteiger charge is 2.02. The number of nitrogens with two attached hydrogens (primary N) is 1. The molecule has 1 aromatic carbocycles. The second-order valence-electron chi connectivity index (χ2n) is 2.84. The monoisotopic (exact) mass is 172 g/mol. The highest BCUT2D eigenvalue weighted by Crippen LogP contribution is 2.19. The van der Waals surface area contributed by atoms with Gasteiger partial charge in [0.25, 0.3) is 0 Å². The van der Waals surface area contributed by atoms with E-state index in [1.54, 1.807) is 6.20 Å². The third kappa shape index (κ3) is 1.40. The molecule has 0 amide bonds. The molecule has 0 aliphatic rings. The van der Waals surface area contributed by atoms with Crippen LogP contribution in [0.3, 0.4) is 0 Å². The zero-order chi connectivity index (χ0) is 9.26. The highest BCUT2D eigenvalue weighted by molar-refractivity contribution is 5.63. The molecule has 0 aliphatic carbocycles. The lowest BCUT2D eigenvalue weighted by Crippen LogP contribution is -2.07. The van der Waals surface area contributed by atoms with Crippen LogP contribution < -0.4 is 5.84 Å². The van der Waals surface area contributed by atoms with Crippen LogP contribution in [0, 0.1) is 6.92 Å². The molecule has 3 nitrogen and oxygen atoms in total. The summed E-state index contributed by atoms with van der Waals surface area (Å²) in [6.45, 7) is 3.92. The van der Waals surface area contributed by atoms with E-state index in [2.05, 4.69) is 12.0 Å². The molecule has 0 atom stereocenters. The van der Waals surface area contributed by atoms with Gasteiger partial charge in [0.05, 0.1) is 5.69 Å². The van der Waals surface area contributed by atoms with Crippen LogP contribution in [0.2, 0.25) is 0 Å². The Bertz CT molecular complexity index is 418. The van der Waals surface area contributed by atoms with Gasteiger partial charge in [-0.2, -0.15) is 9.89 Å². The van der Waals surface area contributed by atoms with Gasteiger partial charge < -0.3 is 5.84 Å². The van der Waals surface area contributed by atoms with Crippen LogP contribution in [0.1, 0.15) is 5.56 Å². The van der Waals surface area contributed by atoms with Crippen LogP contribution in [0.4, 0.5) is 0 Å². The molecule has 0 spiro atoms. The maximum Gasteiger partial charge on any atom is 0.0946 e. The zero-order valence-corrected chi connectivity index (χ0v) is 7.14. The standard InChI is InChI=1S/C10H10N3/c1-8-4-2-3-5-9(8)10-6-7-13(11)12-10/h2-7H,1,11H2. The Morgan fingerprint density at radius 3 is 2.62 bits per heavy atom. The molecule has 2 N–H and O–H groups in total. The summed E-state index contributed by atoms with van der Waals surface area (Å²) >= 11 is 0. The van der Waals surface area contributed by atoms with Crippen LogP contribution in [0.25, 0.3) is 11.3 Å². The smallest absolute Gasteiger partial charge is 0.0946 e. The van der Waals surface area contributed by atoms with E-state index in [4.69, 9.17) is 5.84 Å². The van der Waals surface area contributed by atoms with Crippen molar-refractivity contribution in [2.75, 3.05) is 5.84 Å². The fourth-order valence-electron chi connectivity index (χ4n) is 1.25. The fourth-order valence-corrected chi connectivity index (χ4v) is 1.25. The average molecular weight is 172 g/mol. The van der Waals surface area contributed by atoms with Crippen molar-refractivity contribution in [1.82, 2.24) is 9.89 Å². The molecular weight excluding hydrogens is 162 g/mol. The summed E-state index contributed by atoms with van der Waals surface area (Å²) < 4.78 is 0. The number of rotatable bonds is 1. The van der Waals surface area contributed by atoms with E-state index in [1.807, 2.05) is 30.3 Å². The molecule has 0 aliphatic heterocycles. The Hall–Kier alpha value is -1.77. The summed E-state index contributed by atoms with van der Waals surface area (Å²) in [4.78, 5) is 1.29. The van der Waals surface area contributed by atoms with Crippen LogP contribution in [0.15, 0.2) is 36.5 Å². The molecule has 0 saturated carbocycles. The number of hydrogen-bond acceptors (Lipinski definition) is 2. The summed E-state index contributed by atoms with van der Waals surface area (Å²) in [7, 11) is 0. The van der Waals surface area contributed by atoms with Gasteiger partial charge in [-0.3, -0.25) is 0 Å². The van der Waals surface area contributed by atoms with E-state index in [-0.39, 0.29) is 0 Å². The molecule has 1 aromatic heterocycles. The van der Waals surface area contributed by atoms with Gasteiger partial charge in [0.1, 0.15) is 0 Å². The van der Waals surface area contributed by atoms with E-state index >= 15 is 0 Å². The van der Waals surface area contributed by atoms with Crippen LogP contribution in [0.5, 0.6) is 0 Å². The maximum absolute atomic E-state index is 5.45. The molecule has 0 unspecified atom stereocenters. The van der Waals surface area contributed by atoms with Crippen molar-refractivity contribution in [3.8, 4) is 11.3 Å². The predicted octanol–water partition coefficient (Wildman–Crippen LogP) is 1.45. The lowest BCUT2D eigenvalue weighted by atomic mass is 10.1. The second kappa shape index (κ2) is 2.94. The summed E-state index contributed by atoms with van der Waals surface area (Å²) in [6.07, 6.45) is 1.71. The minimum atomic E-state index is 0.855. The van der Waals surface area contributed by atoms with Gasteiger partial charge in [-0.1, -0.05) is 24.3 Å². The highest BCUT2D eigenvalue weighted by atomic mass is 15.5. The number of nitrogens with zero attached hydrogens (tertiary/aromatic N) is 2. The Morgan fingerprint density at radius 1 is 1.23 bits per heavy atom. The summed E-state index contributed by atoms with van der Waals surface area (Å²) in [6, 6.07) is 9.70. The molecule has 13 heavy (non-hydrogen) atoms. The van der Waals surface area contributed by atoms with Gasteiger partial charge >= 0.3 is 0 Å². The molecule has 1 radical (unpaired) electrons. The van der Waals surface area contributed by atoms with Gasteiger partial charge in [0.2, 0.25) is 0 Å². The fraction of sp³-hybridized carbons (Fsp3) is 0. The molecule has 0 bridgehead atoms. The summed E-state index contributed by atoms with van der Waals surface area (Å²) in [5.74, 6) is 5.45. The quantitative estimate of drug-likeness (QED) is 0.661. The largest absolute Gasteiger partial charge is 0.323 e. The third-order valence-corrected chi connectivity index (χ3v) is 1.90. The van der Waals surface area contributed by atoms with Crippen LogP contribution in [-0.4, -0.2) is 9.89 Å².